The molecule has 2 amide bonds. The number of carbonyl (C=O) groups excluding carboxylic acids is 2. The minimum Gasteiger partial charge on any atom is -0.346 e. The highest BCUT2D eigenvalue weighted by molar-refractivity contribution is 5.94. The number of halogens is 2. The second-order valence-electron chi connectivity index (χ2n) is 5.27. The quantitative estimate of drug-likeness (QED) is 0.859. The summed E-state index contributed by atoms with van der Waals surface area (Å²) in [4.78, 5) is 37.4. The number of para-hydroxylation sites is 1. The topological polar surface area (TPSA) is 71.4 Å². The van der Waals surface area contributed by atoms with Crippen LogP contribution in [-0.4, -0.2) is 36.4 Å². The van der Waals surface area contributed by atoms with E-state index in [1.807, 2.05) is 11.4 Å². The molecule has 0 radical (unpaired) electrons. The van der Waals surface area contributed by atoms with Crippen molar-refractivity contribution in [2.75, 3.05) is 18.5 Å². The summed E-state index contributed by atoms with van der Waals surface area (Å²) in [5.74, 6) is -1.10. The molecule has 1 heterocycles. The van der Waals surface area contributed by atoms with Crippen molar-refractivity contribution < 1.29 is 18.4 Å². The summed E-state index contributed by atoms with van der Waals surface area (Å²) in [5, 5.41) is 2.05. The van der Waals surface area contributed by atoms with Gasteiger partial charge in [0.25, 0.3) is 17.9 Å². The first-order valence-corrected chi connectivity index (χ1v) is 7.47. The van der Waals surface area contributed by atoms with E-state index < -0.39 is 24.4 Å². The lowest BCUT2D eigenvalue weighted by atomic mass is 10.2. The molecule has 0 aliphatic rings. The molecule has 2 rings (SSSR count). The van der Waals surface area contributed by atoms with E-state index in [1.54, 1.807) is 31.3 Å². The maximum Gasteiger partial charge on any atom is 0.255 e. The lowest BCUT2D eigenvalue weighted by Gasteiger charge is -2.18. The average Bonchev–Trinajstić information content (AvgIpc) is 2.61. The van der Waals surface area contributed by atoms with Crippen molar-refractivity contribution in [2.24, 2.45) is 0 Å². The van der Waals surface area contributed by atoms with E-state index >= 15 is 0 Å². The van der Waals surface area contributed by atoms with Crippen LogP contribution in [0.1, 0.15) is 10.4 Å². The van der Waals surface area contributed by atoms with Crippen LogP contribution in [0.5, 0.6) is 0 Å². The number of hydrogen-bond donors (Lipinski definition) is 1. The van der Waals surface area contributed by atoms with Gasteiger partial charge in [-0.2, -0.15) is 0 Å². The van der Waals surface area contributed by atoms with Crippen molar-refractivity contribution in [2.45, 2.75) is 13.0 Å². The van der Waals surface area contributed by atoms with E-state index in [9.17, 15) is 23.2 Å². The van der Waals surface area contributed by atoms with Gasteiger partial charge >= 0.3 is 0 Å². The Morgan fingerprint density at radius 3 is 2.48 bits per heavy atom. The van der Waals surface area contributed by atoms with Gasteiger partial charge < -0.3 is 14.8 Å². The Kier molecular flexibility index (Phi) is 5.99. The molecule has 0 saturated heterocycles. The van der Waals surface area contributed by atoms with Gasteiger partial charge in [-0.3, -0.25) is 14.4 Å². The third-order valence-electron chi connectivity index (χ3n) is 3.49. The highest BCUT2D eigenvalue weighted by Gasteiger charge is 2.14. The van der Waals surface area contributed by atoms with Crippen LogP contribution in [0.3, 0.4) is 0 Å². The van der Waals surface area contributed by atoms with Gasteiger partial charge in [-0.1, -0.05) is 18.2 Å². The van der Waals surface area contributed by atoms with Gasteiger partial charge in [0.15, 0.2) is 0 Å². The number of benzene rings is 1. The number of alkyl halides is 2. The number of pyridine rings is 1. The number of nitrogens with zero attached hydrogens (tertiary/aromatic N) is 2. The number of amides is 2. The first-order valence-electron chi connectivity index (χ1n) is 7.47. The van der Waals surface area contributed by atoms with Crippen LogP contribution in [0.4, 0.5) is 14.5 Å². The molecule has 0 unspecified atom stereocenters. The summed E-state index contributed by atoms with van der Waals surface area (Å²) < 4.78 is 25.4. The second kappa shape index (κ2) is 8.18. The molecule has 0 fully saturated rings. The fraction of sp³-hybridized carbons (Fsp3) is 0.235. The standard InChI is InChI=1S/C17H17F2N3O3/c1-21(13-5-3-2-4-6-13)16(24)11-22-10-12(7-8-15(22)23)17(25)20-9-14(18)19/h2-8,10,14H,9,11H2,1H3,(H,20,25). The molecule has 0 aliphatic carbocycles. The number of hydrogen-bond acceptors (Lipinski definition) is 3. The van der Waals surface area contributed by atoms with Crippen molar-refractivity contribution in [3.8, 4) is 0 Å². The third-order valence-corrected chi connectivity index (χ3v) is 3.49. The highest BCUT2D eigenvalue weighted by atomic mass is 19.3. The van der Waals surface area contributed by atoms with Crippen LogP contribution < -0.4 is 15.8 Å². The molecule has 1 aromatic heterocycles. The molecule has 25 heavy (non-hydrogen) atoms. The van der Waals surface area contributed by atoms with Crippen LogP contribution in [0.2, 0.25) is 0 Å². The number of rotatable bonds is 6. The van der Waals surface area contributed by atoms with Gasteiger partial charge in [-0.05, 0) is 18.2 Å². The fourth-order valence-electron chi connectivity index (χ4n) is 2.11. The molecular weight excluding hydrogens is 332 g/mol. The summed E-state index contributed by atoms with van der Waals surface area (Å²) in [6.07, 6.45) is -1.49. The van der Waals surface area contributed by atoms with Crippen molar-refractivity contribution in [1.29, 1.82) is 0 Å². The fourth-order valence-corrected chi connectivity index (χ4v) is 2.11. The molecule has 2 aromatic rings. The largest absolute Gasteiger partial charge is 0.346 e. The zero-order valence-corrected chi connectivity index (χ0v) is 13.5. The summed E-state index contributed by atoms with van der Waals surface area (Å²) >= 11 is 0. The van der Waals surface area contributed by atoms with Crippen LogP contribution in [0.25, 0.3) is 0 Å². The molecule has 0 saturated carbocycles. The number of carbonyl (C=O) groups is 2. The van der Waals surface area contributed by atoms with Gasteiger partial charge in [0.05, 0.1) is 12.1 Å². The number of likely N-dealkylation sites (N-methyl/N-ethyl adjacent to an activating group) is 1. The van der Waals surface area contributed by atoms with Crippen LogP contribution >= 0.6 is 0 Å². The Bertz CT molecular complexity index is 806. The number of aromatic nitrogens is 1. The van der Waals surface area contributed by atoms with Gasteiger partial charge in [-0.15, -0.1) is 0 Å². The molecule has 132 valence electrons. The molecule has 0 aliphatic heterocycles. The van der Waals surface area contributed by atoms with Crippen molar-refractivity contribution in [3.05, 3.63) is 64.6 Å². The Morgan fingerprint density at radius 1 is 1.16 bits per heavy atom. The van der Waals surface area contributed by atoms with Gasteiger partial charge in [0, 0.05) is 25.0 Å². The summed E-state index contributed by atoms with van der Waals surface area (Å²) in [5.41, 5.74) is 0.210. The van der Waals surface area contributed by atoms with E-state index in [0.29, 0.717) is 5.69 Å². The number of anilines is 1. The maximum atomic E-state index is 12.3. The first kappa shape index (κ1) is 18.3. The molecule has 8 heteroatoms. The van der Waals surface area contributed by atoms with E-state index in [2.05, 4.69) is 0 Å². The molecule has 0 atom stereocenters. The molecule has 0 spiro atoms. The second-order valence-corrected chi connectivity index (χ2v) is 5.27. The van der Waals surface area contributed by atoms with Gasteiger partial charge in [-0.25, -0.2) is 8.78 Å². The third kappa shape index (κ3) is 4.97. The van der Waals surface area contributed by atoms with Crippen LogP contribution in [0, 0.1) is 0 Å². The molecule has 1 aromatic carbocycles. The first-order chi connectivity index (χ1) is 11.9. The lowest BCUT2D eigenvalue weighted by molar-refractivity contribution is -0.118. The van der Waals surface area contributed by atoms with Crippen molar-refractivity contribution in [3.63, 3.8) is 0 Å². The molecule has 0 bridgehead atoms. The lowest BCUT2D eigenvalue weighted by Crippen LogP contribution is -2.35. The Morgan fingerprint density at radius 2 is 1.84 bits per heavy atom. The van der Waals surface area contributed by atoms with E-state index in [1.165, 1.54) is 17.2 Å². The molecule has 1 N–H and O–H groups in total. The predicted octanol–water partition coefficient (Wildman–Crippen LogP) is 1.51. The summed E-state index contributed by atoms with van der Waals surface area (Å²) in [6.45, 7) is -1.06. The SMILES string of the molecule is CN(C(=O)Cn1cc(C(=O)NCC(F)F)ccc1=O)c1ccccc1. The maximum absolute atomic E-state index is 12.3. The zero-order valence-electron chi connectivity index (χ0n) is 13.5. The van der Waals surface area contributed by atoms with Crippen molar-refractivity contribution in [1.82, 2.24) is 9.88 Å². The van der Waals surface area contributed by atoms with E-state index in [-0.39, 0.29) is 18.0 Å². The summed E-state index contributed by atoms with van der Waals surface area (Å²) in [6, 6.07) is 11.2. The van der Waals surface area contributed by atoms with Crippen molar-refractivity contribution >= 4 is 17.5 Å². The minimum atomic E-state index is -2.67. The van der Waals surface area contributed by atoms with Crippen LogP contribution in [-0.2, 0) is 11.3 Å². The molecular formula is C17H17F2N3O3. The average molecular weight is 349 g/mol. The Hall–Kier alpha value is -3.03. The van der Waals surface area contributed by atoms with E-state index in [0.717, 1.165) is 10.6 Å². The van der Waals surface area contributed by atoms with E-state index in [4.69, 9.17) is 0 Å². The van der Waals surface area contributed by atoms with Gasteiger partial charge in [0.1, 0.15) is 6.54 Å². The van der Waals surface area contributed by atoms with Gasteiger partial charge in [0.2, 0.25) is 5.91 Å². The highest BCUT2D eigenvalue weighted by Crippen LogP contribution is 2.11. The summed E-state index contributed by atoms with van der Waals surface area (Å²) in [7, 11) is 1.57. The molecule has 6 nitrogen and oxygen atoms in total. The van der Waals surface area contributed by atoms with Crippen LogP contribution in [0.15, 0.2) is 53.5 Å². The minimum absolute atomic E-state index is 0.0235. The normalized spacial score (nSPS) is 10.6. The monoisotopic (exact) mass is 349 g/mol. The Balaban J connectivity index is 2.13. The zero-order chi connectivity index (χ0) is 18.4. The predicted molar refractivity (Wildman–Crippen MR) is 88.9 cm³/mol. The smallest absolute Gasteiger partial charge is 0.255 e. The number of nitrogens with one attached hydrogen (secondary N) is 1. The Labute approximate surface area is 142 Å².